The molecule has 0 fully saturated rings. The van der Waals surface area contributed by atoms with Crippen molar-refractivity contribution in [1.82, 2.24) is 0 Å². The maximum atomic E-state index is 14.0. The standard InChI is InChI=1S/C14H21FSe/c1-3-8-13(15)14(9-4-2)16-12-10-6-5-7-11-12/h5-7,10-11,13-14H,3-4,8-9H2,1-2H3/t13-,14+/m1/s1. The number of halogens is 1. The molecule has 0 spiro atoms. The van der Waals surface area contributed by atoms with Crippen molar-refractivity contribution in [2.45, 2.75) is 50.5 Å². The van der Waals surface area contributed by atoms with E-state index in [-0.39, 0.29) is 19.8 Å². The second kappa shape index (κ2) is 7.86. The molecule has 1 aromatic carbocycles. The van der Waals surface area contributed by atoms with Crippen LogP contribution in [-0.4, -0.2) is 21.1 Å². The van der Waals surface area contributed by atoms with Crippen LogP contribution in [-0.2, 0) is 0 Å². The SMILES string of the molecule is CCC[C@@H](F)[C@H](CCC)[Se]c1ccccc1. The molecule has 16 heavy (non-hydrogen) atoms. The zero-order valence-corrected chi connectivity index (χ0v) is 11.9. The van der Waals surface area contributed by atoms with E-state index in [1.807, 2.05) is 18.2 Å². The summed E-state index contributed by atoms with van der Waals surface area (Å²) in [6, 6.07) is 10.4. The molecule has 0 aliphatic carbocycles. The Hall–Kier alpha value is -0.331. The van der Waals surface area contributed by atoms with Gasteiger partial charge >= 0.3 is 105 Å². The predicted octanol–water partition coefficient (Wildman–Crippen LogP) is 3.74. The minimum atomic E-state index is -0.606. The molecule has 90 valence electrons. The van der Waals surface area contributed by atoms with Crippen molar-refractivity contribution >= 4 is 19.4 Å². The first kappa shape index (κ1) is 13.7. The Balaban J connectivity index is 2.57. The molecule has 0 amide bonds. The number of hydrogen-bond acceptors (Lipinski definition) is 0. The molecule has 1 aromatic rings. The van der Waals surface area contributed by atoms with Gasteiger partial charge in [0.1, 0.15) is 0 Å². The van der Waals surface area contributed by atoms with Gasteiger partial charge in [-0.05, 0) is 0 Å². The average Bonchev–Trinajstić information content (AvgIpc) is 2.30. The first-order valence-corrected chi connectivity index (χ1v) is 7.98. The Kier molecular flexibility index (Phi) is 6.75. The third kappa shape index (κ3) is 4.67. The van der Waals surface area contributed by atoms with Gasteiger partial charge in [-0.3, -0.25) is 0 Å². The molecular weight excluding hydrogens is 266 g/mol. The van der Waals surface area contributed by atoms with E-state index < -0.39 is 6.17 Å². The third-order valence-corrected chi connectivity index (χ3v) is 5.46. The van der Waals surface area contributed by atoms with E-state index in [1.54, 1.807) is 0 Å². The van der Waals surface area contributed by atoms with Crippen LogP contribution in [0.15, 0.2) is 30.3 Å². The summed E-state index contributed by atoms with van der Waals surface area (Å²) < 4.78 is 15.3. The monoisotopic (exact) mass is 288 g/mol. The van der Waals surface area contributed by atoms with Crippen molar-refractivity contribution < 1.29 is 4.39 Å². The normalized spacial score (nSPS) is 14.7. The summed E-state index contributed by atoms with van der Waals surface area (Å²) in [7, 11) is 0. The summed E-state index contributed by atoms with van der Waals surface area (Å²) in [5.74, 6) is 0. The van der Waals surface area contributed by atoms with Crippen LogP contribution < -0.4 is 4.46 Å². The number of hydrogen-bond donors (Lipinski definition) is 0. The van der Waals surface area contributed by atoms with Gasteiger partial charge in [0.25, 0.3) is 0 Å². The van der Waals surface area contributed by atoms with E-state index in [1.165, 1.54) is 4.46 Å². The van der Waals surface area contributed by atoms with Crippen LogP contribution in [0.5, 0.6) is 0 Å². The fourth-order valence-corrected chi connectivity index (χ4v) is 4.46. The maximum absolute atomic E-state index is 14.0. The summed E-state index contributed by atoms with van der Waals surface area (Å²) >= 11 is 0.284. The van der Waals surface area contributed by atoms with Gasteiger partial charge in [-0.2, -0.15) is 0 Å². The molecule has 2 atom stereocenters. The predicted molar refractivity (Wildman–Crippen MR) is 70.3 cm³/mol. The fourth-order valence-electron chi connectivity index (χ4n) is 1.73. The Morgan fingerprint density at radius 3 is 2.25 bits per heavy atom. The van der Waals surface area contributed by atoms with E-state index in [0.717, 1.165) is 25.7 Å². The summed E-state index contributed by atoms with van der Waals surface area (Å²) in [6.07, 6.45) is 3.18. The van der Waals surface area contributed by atoms with Crippen molar-refractivity contribution in [3.8, 4) is 0 Å². The molecule has 0 bridgehead atoms. The van der Waals surface area contributed by atoms with Gasteiger partial charge < -0.3 is 0 Å². The van der Waals surface area contributed by atoms with Crippen LogP contribution in [0.25, 0.3) is 0 Å². The van der Waals surface area contributed by atoms with Crippen LogP contribution in [0.3, 0.4) is 0 Å². The van der Waals surface area contributed by atoms with Crippen LogP contribution in [0, 0.1) is 0 Å². The molecule has 0 heterocycles. The minimum absolute atomic E-state index is 0.264. The molecule has 2 heteroatoms. The zero-order chi connectivity index (χ0) is 11.8. The van der Waals surface area contributed by atoms with Gasteiger partial charge in [0.05, 0.1) is 0 Å². The molecule has 0 saturated heterocycles. The molecule has 0 radical (unpaired) electrons. The Bertz CT molecular complexity index is 273. The van der Waals surface area contributed by atoms with E-state index in [0.29, 0.717) is 0 Å². The fraction of sp³-hybridized carbons (Fsp3) is 0.571. The van der Waals surface area contributed by atoms with E-state index in [4.69, 9.17) is 0 Å². The summed E-state index contributed by atoms with van der Waals surface area (Å²) in [4.78, 5) is 0.264. The average molecular weight is 287 g/mol. The number of alkyl halides is 1. The summed E-state index contributed by atoms with van der Waals surface area (Å²) in [5, 5.41) is 0. The van der Waals surface area contributed by atoms with Crippen molar-refractivity contribution in [3.05, 3.63) is 30.3 Å². The van der Waals surface area contributed by atoms with Crippen molar-refractivity contribution in [3.63, 3.8) is 0 Å². The van der Waals surface area contributed by atoms with Crippen LogP contribution in [0.1, 0.15) is 39.5 Å². The quantitative estimate of drug-likeness (QED) is 0.670. The summed E-state index contributed by atoms with van der Waals surface area (Å²) in [5.41, 5.74) is 0. The Labute approximate surface area is 105 Å². The van der Waals surface area contributed by atoms with Crippen LogP contribution >= 0.6 is 0 Å². The second-order valence-corrected chi connectivity index (χ2v) is 6.82. The van der Waals surface area contributed by atoms with Crippen molar-refractivity contribution in [2.24, 2.45) is 0 Å². The topological polar surface area (TPSA) is 0 Å². The van der Waals surface area contributed by atoms with Gasteiger partial charge in [-0.25, -0.2) is 0 Å². The second-order valence-electron chi connectivity index (χ2n) is 4.06. The first-order valence-electron chi connectivity index (χ1n) is 6.13. The molecule has 0 aromatic heterocycles. The number of benzene rings is 1. The molecular formula is C14H21FSe. The Morgan fingerprint density at radius 1 is 1.06 bits per heavy atom. The molecule has 0 unspecified atom stereocenters. The first-order chi connectivity index (χ1) is 7.77. The molecule has 0 aliphatic rings. The zero-order valence-electron chi connectivity index (χ0n) is 10.2. The number of rotatable bonds is 7. The van der Waals surface area contributed by atoms with Crippen LogP contribution in [0.4, 0.5) is 4.39 Å². The van der Waals surface area contributed by atoms with Crippen molar-refractivity contribution in [1.29, 1.82) is 0 Å². The summed E-state index contributed by atoms with van der Waals surface area (Å²) in [6.45, 7) is 4.21. The van der Waals surface area contributed by atoms with Gasteiger partial charge in [0, 0.05) is 0 Å². The Morgan fingerprint density at radius 2 is 1.69 bits per heavy atom. The van der Waals surface area contributed by atoms with Crippen LogP contribution in [0.2, 0.25) is 4.82 Å². The van der Waals surface area contributed by atoms with Crippen molar-refractivity contribution in [2.75, 3.05) is 0 Å². The van der Waals surface area contributed by atoms with Gasteiger partial charge in [0.15, 0.2) is 0 Å². The van der Waals surface area contributed by atoms with E-state index in [9.17, 15) is 4.39 Å². The third-order valence-electron chi connectivity index (χ3n) is 2.57. The van der Waals surface area contributed by atoms with Gasteiger partial charge in [-0.15, -0.1) is 0 Å². The molecule has 1 rings (SSSR count). The molecule has 0 N–H and O–H groups in total. The van der Waals surface area contributed by atoms with E-state index in [2.05, 4.69) is 26.0 Å². The molecule has 0 aliphatic heterocycles. The van der Waals surface area contributed by atoms with E-state index >= 15 is 0 Å². The van der Waals surface area contributed by atoms with Gasteiger partial charge in [-0.1, -0.05) is 0 Å². The molecule has 0 nitrogen and oxygen atoms in total. The van der Waals surface area contributed by atoms with Gasteiger partial charge in [0.2, 0.25) is 0 Å². The molecule has 0 saturated carbocycles.